The molecule has 2 fully saturated rings. The van der Waals surface area contributed by atoms with Gasteiger partial charge in [-0.1, -0.05) is 13.8 Å². The largest absolute Gasteiger partial charge is 0.463 e. The van der Waals surface area contributed by atoms with Gasteiger partial charge in [0.1, 0.15) is 0 Å². The van der Waals surface area contributed by atoms with Crippen LogP contribution in [0.15, 0.2) is 0 Å². The maximum Gasteiger partial charge on any atom is 0.335 e. The second kappa shape index (κ2) is 7.07. The van der Waals surface area contributed by atoms with Crippen LogP contribution in [0.1, 0.15) is 40.0 Å². The van der Waals surface area contributed by atoms with Crippen LogP contribution in [-0.4, -0.2) is 59.0 Å². The highest BCUT2D eigenvalue weighted by Crippen LogP contribution is 2.33. The molecule has 2 aliphatic rings. The summed E-state index contributed by atoms with van der Waals surface area (Å²) < 4.78 is 5.35. The summed E-state index contributed by atoms with van der Waals surface area (Å²) in [5.41, 5.74) is 0. The molecule has 21 heavy (non-hydrogen) atoms. The Morgan fingerprint density at radius 2 is 1.95 bits per heavy atom. The second-order valence-corrected chi connectivity index (χ2v) is 6.93. The molecule has 0 saturated carbocycles. The van der Waals surface area contributed by atoms with E-state index in [1.807, 2.05) is 13.8 Å². The Balaban J connectivity index is 1.83. The van der Waals surface area contributed by atoms with Crippen molar-refractivity contribution in [3.63, 3.8) is 0 Å². The predicted molar refractivity (Wildman–Crippen MR) is 79.7 cm³/mol. The lowest BCUT2D eigenvalue weighted by atomic mass is 9.86. The molecule has 0 aliphatic carbocycles. The van der Waals surface area contributed by atoms with Gasteiger partial charge in [-0.3, -0.25) is 4.90 Å². The summed E-state index contributed by atoms with van der Waals surface area (Å²) in [6.07, 6.45) is 1.51. The van der Waals surface area contributed by atoms with E-state index in [9.17, 15) is 15.0 Å². The third-order valence-corrected chi connectivity index (χ3v) is 5.12. The number of carbonyl (C=O) groups is 1. The van der Waals surface area contributed by atoms with E-state index in [0.717, 1.165) is 19.5 Å². The van der Waals surface area contributed by atoms with E-state index >= 15 is 0 Å². The Labute approximate surface area is 127 Å². The molecule has 0 aromatic carbocycles. The number of aliphatic hydroxyl groups is 2. The van der Waals surface area contributed by atoms with Crippen LogP contribution in [0, 0.1) is 17.8 Å². The third-order valence-electron chi connectivity index (χ3n) is 5.12. The highest BCUT2D eigenvalue weighted by molar-refractivity contribution is 5.74. The zero-order valence-electron chi connectivity index (χ0n) is 13.4. The van der Waals surface area contributed by atoms with Crippen molar-refractivity contribution in [3.05, 3.63) is 0 Å². The molecule has 2 saturated heterocycles. The Hall–Kier alpha value is -0.650. The quantitative estimate of drug-likeness (QED) is 0.717. The van der Waals surface area contributed by atoms with Crippen LogP contribution in [0.4, 0.5) is 0 Å². The minimum Gasteiger partial charge on any atom is -0.463 e. The molecule has 0 unspecified atom stereocenters. The molecule has 0 aromatic rings. The number of hydrogen-bond acceptors (Lipinski definition) is 5. The number of esters is 1. The molecular formula is C16H29NO4. The van der Waals surface area contributed by atoms with Crippen molar-refractivity contribution in [1.82, 2.24) is 4.90 Å². The molecule has 122 valence electrons. The molecule has 5 atom stereocenters. The zero-order chi connectivity index (χ0) is 15.6. The molecule has 2 rings (SSSR count). The van der Waals surface area contributed by atoms with Gasteiger partial charge in [-0.2, -0.15) is 0 Å². The number of nitrogens with zero attached hydrogens (tertiary/aromatic N) is 1. The summed E-state index contributed by atoms with van der Waals surface area (Å²) in [7, 11) is 0. The Morgan fingerprint density at radius 1 is 1.24 bits per heavy atom. The fourth-order valence-corrected chi connectivity index (χ4v) is 4.00. The van der Waals surface area contributed by atoms with Crippen molar-refractivity contribution in [2.45, 2.75) is 58.3 Å². The summed E-state index contributed by atoms with van der Waals surface area (Å²) in [6.45, 7) is 8.03. The first-order valence-electron chi connectivity index (χ1n) is 8.18. The molecule has 0 spiro atoms. The van der Waals surface area contributed by atoms with Gasteiger partial charge in [-0.05, 0) is 45.2 Å². The lowest BCUT2D eigenvalue weighted by Gasteiger charge is -2.28. The first-order valence-corrected chi connectivity index (χ1v) is 8.18. The average molecular weight is 299 g/mol. The first-order chi connectivity index (χ1) is 9.91. The highest BCUT2D eigenvalue weighted by Gasteiger charge is 2.39. The van der Waals surface area contributed by atoms with Crippen LogP contribution in [0.3, 0.4) is 0 Å². The van der Waals surface area contributed by atoms with E-state index in [0.29, 0.717) is 18.6 Å². The van der Waals surface area contributed by atoms with Crippen LogP contribution in [-0.2, 0) is 9.53 Å². The Morgan fingerprint density at radius 3 is 2.57 bits per heavy atom. The molecule has 2 heterocycles. The Kier molecular flexibility index (Phi) is 5.63. The normalized spacial score (nSPS) is 30.2. The minimum atomic E-state index is -1.24. The van der Waals surface area contributed by atoms with Crippen LogP contribution >= 0.6 is 0 Å². The molecule has 2 aliphatic heterocycles. The van der Waals surface area contributed by atoms with Gasteiger partial charge in [0, 0.05) is 17.9 Å². The van der Waals surface area contributed by atoms with Gasteiger partial charge in [0.2, 0.25) is 0 Å². The fraction of sp³-hybridized carbons (Fsp3) is 0.938. The first kappa shape index (κ1) is 16.7. The van der Waals surface area contributed by atoms with Gasteiger partial charge < -0.3 is 14.9 Å². The van der Waals surface area contributed by atoms with Crippen molar-refractivity contribution in [1.29, 1.82) is 0 Å². The third kappa shape index (κ3) is 3.76. The molecule has 5 nitrogen and oxygen atoms in total. The summed E-state index contributed by atoms with van der Waals surface area (Å²) in [5.74, 6) is -0.660. The maximum atomic E-state index is 12.0. The van der Waals surface area contributed by atoms with Crippen molar-refractivity contribution in [3.8, 4) is 0 Å². The number of fused-ring (bicyclic) bond motifs is 1. The van der Waals surface area contributed by atoms with E-state index in [1.54, 1.807) is 6.92 Å². The van der Waals surface area contributed by atoms with Gasteiger partial charge in [-0.25, -0.2) is 4.79 Å². The van der Waals surface area contributed by atoms with E-state index < -0.39 is 24.1 Å². The Bertz CT molecular complexity index is 350. The van der Waals surface area contributed by atoms with Crippen molar-refractivity contribution in [2.24, 2.45) is 17.8 Å². The number of hydrogen-bond donors (Lipinski definition) is 2. The molecule has 0 aromatic heterocycles. The number of rotatable bonds is 6. The molecular weight excluding hydrogens is 270 g/mol. The molecule has 0 amide bonds. The van der Waals surface area contributed by atoms with Crippen LogP contribution < -0.4 is 0 Å². The van der Waals surface area contributed by atoms with Gasteiger partial charge >= 0.3 is 5.97 Å². The lowest BCUT2D eigenvalue weighted by Crippen LogP contribution is -2.41. The molecule has 0 bridgehead atoms. The molecule has 0 radical (unpaired) electrons. The molecule has 2 N–H and O–H groups in total. The average Bonchev–Trinajstić information content (AvgIpc) is 2.98. The maximum absolute atomic E-state index is 12.0. The van der Waals surface area contributed by atoms with E-state index in [-0.39, 0.29) is 5.92 Å². The standard InChI is InChI=1S/C16H29NO4/c1-10(2)14(11(3)18)15(19)16(20)21-9-12-6-8-17-7-4-5-13(12)17/h10-15,18-19H,4-9H2,1-3H3/t11-,12+,13+,14-,15+/m1/s1. The van der Waals surface area contributed by atoms with E-state index in [2.05, 4.69) is 4.90 Å². The SMILES string of the molecule is CC(C)[C@@H]([C@H](O)C(=O)OC[C@@H]1CCN2CCC[C@@H]12)[C@@H](C)O. The lowest BCUT2D eigenvalue weighted by molar-refractivity contribution is -0.162. The van der Waals surface area contributed by atoms with Crippen molar-refractivity contribution < 1.29 is 19.7 Å². The van der Waals surface area contributed by atoms with Gasteiger partial charge in [0.05, 0.1) is 12.7 Å². The van der Waals surface area contributed by atoms with Crippen LogP contribution in [0.25, 0.3) is 0 Å². The van der Waals surface area contributed by atoms with Gasteiger partial charge in [0.25, 0.3) is 0 Å². The predicted octanol–water partition coefficient (Wildman–Crippen LogP) is 1.03. The zero-order valence-corrected chi connectivity index (χ0v) is 13.4. The second-order valence-electron chi connectivity index (χ2n) is 6.93. The van der Waals surface area contributed by atoms with E-state index in [1.165, 1.54) is 12.8 Å². The fourth-order valence-electron chi connectivity index (χ4n) is 4.00. The highest BCUT2D eigenvalue weighted by atomic mass is 16.5. The van der Waals surface area contributed by atoms with Crippen LogP contribution in [0.2, 0.25) is 0 Å². The van der Waals surface area contributed by atoms with Crippen molar-refractivity contribution >= 4 is 5.97 Å². The monoisotopic (exact) mass is 299 g/mol. The summed E-state index contributed by atoms with van der Waals surface area (Å²) in [5, 5.41) is 19.9. The summed E-state index contributed by atoms with van der Waals surface area (Å²) in [4.78, 5) is 14.5. The number of ether oxygens (including phenoxy) is 1. The molecule has 5 heteroatoms. The van der Waals surface area contributed by atoms with Gasteiger partial charge in [-0.15, -0.1) is 0 Å². The topological polar surface area (TPSA) is 70.0 Å². The minimum absolute atomic E-state index is 0.0179. The van der Waals surface area contributed by atoms with Crippen molar-refractivity contribution in [2.75, 3.05) is 19.7 Å². The number of carbonyl (C=O) groups excluding carboxylic acids is 1. The number of aliphatic hydroxyl groups excluding tert-OH is 2. The van der Waals surface area contributed by atoms with Crippen LogP contribution in [0.5, 0.6) is 0 Å². The summed E-state index contributed by atoms with van der Waals surface area (Å²) >= 11 is 0. The van der Waals surface area contributed by atoms with E-state index in [4.69, 9.17) is 4.74 Å². The smallest absolute Gasteiger partial charge is 0.335 e. The summed E-state index contributed by atoms with van der Waals surface area (Å²) in [6, 6.07) is 0.549. The van der Waals surface area contributed by atoms with Gasteiger partial charge in [0.15, 0.2) is 6.10 Å².